The number of imidazole rings is 1. The van der Waals surface area contributed by atoms with Crippen molar-refractivity contribution in [2.24, 2.45) is 5.92 Å². The van der Waals surface area contributed by atoms with E-state index in [2.05, 4.69) is 26.8 Å². The summed E-state index contributed by atoms with van der Waals surface area (Å²) >= 11 is 0. The molecule has 0 bridgehead atoms. The van der Waals surface area contributed by atoms with Crippen LogP contribution in [0.25, 0.3) is 11.2 Å². The zero-order chi connectivity index (χ0) is 11.0. The molecule has 0 spiro atoms. The molecule has 1 aliphatic rings. The standard InChI is InChI=1S/C12H16N4/c1-2-16-11(6-9-7-13-8-9)15-10-4-3-5-14-12(10)16/h3-5,9,13H,2,6-8H2,1H3. The number of hydrogen-bond acceptors (Lipinski definition) is 3. The van der Waals surface area contributed by atoms with Crippen molar-refractivity contribution in [2.75, 3.05) is 13.1 Å². The van der Waals surface area contributed by atoms with Gasteiger partial charge in [0.25, 0.3) is 0 Å². The summed E-state index contributed by atoms with van der Waals surface area (Å²) in [7, 11) is 0. The molecule has 2 aromatic rings. The number of nitrogens with one attached hydrogen (secondary N) is 1. The van der Waals surface area contributed by atoms with Gasteiger partial charge in [0.15, 0.2) is 5.65 Å². The van der Waals surface area contributed by atoms with Crippen LogP contribution in [0.5, 0.6) is 0 Å². The first-order valence-corrected chi connectivity index (χ1v) is 5.89. The van der Waals surface area contributed by atoms with Gasteiger partial charge in [-0.25, -0.2) is 9.97 Å². The minimum atomic E-state index is 0.752. The van der Waals surface area contributed by atoms with E-state index in [0.717, 1.165) is 43.1 Å². The fourth-order valence-electron chi connectivity index (χ4n) is 2.24. The molecular weight excluding hydrogens is 200 g/mol. The summed E-state index contributed by atoms with van der Waals surface area (Å²) in [6.45, 7) is 5.35. The van der Waals surface area contributed by atoms with E-state index >= 15 is 0 Å². The van der Waals surface area contributed by atoms with Crippen LogP contribution < -0.4 is 5.32 Å². The predicted octanol–water partition coefficient (Wildman–Crippen LogP) is 1.21. The first-order valence-electron chi connectivity index (χ1n) is 5.89. The third-order valence-corrected chi connectivity index (χ3v) is 3.24. The third-order valence-electron chi connectivity index (χ3n) is 3.24. The van der Waals surface area contributed by atoms with Crippen molar-refractivity contribution in [1.29, 1.82) is 0 Å². The Bertz CT molecular complexity index is 499. The van der Waals surface area contributed by atoms with E-state index in [1.165, 1.54) is 5.82 Å². The van der Waals surface area contributed by atoms with Gasteiger partial charge in [0.05, 0.1) is 0 Å². The Balaban J connectivity index is 2.01. The number of pyridine rings is 1. The lowest BCUT2D eigenvalue weighted by atomic mass is 9.99. The summed E-state index contributed by atoms with van der Waals surface area (Å²) < 4.78 is 2.23. The van der Waals surface area contributed by atoms with Gasteiger partial charge in [0.1, 0.15) is 11.3 Å². The number of hydrogen-bond donors (Lipinski definition) is 1. The Kier molecular flexibility index (Phi) is 2.36. The average molecular weight is 216 g/mol. The summed E-state index contributed by atoms with van der Waals surface area (Å²) in [6.07, 6.45) is 2.90. The zero-order valence-electron chi connectivity index (χ0n) is 9.48. The smallest absolute Gasteiger partial charge is 0.159 e. The van der Waals surface area contributed by atoms with Crippen molar-refractivity contribution in [3.63, 3.8) is 0 Å². The molecule has 0 amide bonds. The number of fused-ring (bicyclic) bond motifs is 1. The van der Waals surface area contributed by atoms with Gasteiger partial charge in [0, 0.05) is 19.2 Å². The molecule has 2 aromatic heterocycles. The van der Waals surface area contributed by atoms with Gasteiger partial charge in [0.2, 0.25) is 0 Å². The lowest BCUT2D eigenvalue weighted by Gasteiger charge is -2.26. The summed E-state index contributed by atoms with van der Waals surface area (Å²) in [5, 5.41) is 3.30. The molecule has 16 heavy (non-hydrogen) atoms. The Morgan fingerprint density at radius 3 is 3.06 bits per heavy atom. The molecule has 1 fully saturated rings. The van der Waals surface area contributed by atoms with Crippen molar-refractivity contribution in [3.8, 4) is 0 Å². The zero-order valence-corrected chi connectivity index (χ0v) is 9.48. The summed E-state index contributed by atoms with van der Waals surface area (Å²) in [5.41, 5.74) is 2.04. The Labute approximate surface area is 94.7 Å². The summed E-state index contributed by atoms with van der Waals surface area (Å²) in [4.78, 5) is 9.09. The molecule has 0 radical (unpaired) electrons. The van der Waals surface area contributed by atoms with Gasteiger partial charge in [-0.05, 0) is 38.1 Å². The molecule has 4 heteroatoms. The lowest BCUT2D eigenvalue weighted by Crippen LogP contribution is -2.43. The predicted molar refractivity (Wildman–Crippen MR) is 63.3 cm³/mol. The molecule has 84 valence electrons. The summed E-state index contributed by atoms with van der Waals surface area (Å²) in [5.74, 6) is 1.94. The molecule has 1 aliphatic heterocycles. The van der Waals surface area contributed by atoms with Crippen LogP contribution in [0.2, 0.25) is 0 Å². The first kappa shape index (κ1) is 9.78. The fourth-order valence-corrected chi connectivity index (χ4v) is 2.24. The highest BCUT2D eigenvalue weighted by Gasteiger charge is 2.20. The second-order valence-electron chi connectivity index (χ2n) is 4.35. The molecule has 1 saturated heterocycles. The quantitative estimate of drug-likeness (QED) is 0.838. The molecule has 3 heterocycles. The van der Waals surface area contributed by atoms with Gasteiger partial charge < -0.3 is 9.88 Å². The molecule has 1 N–H and O–H groups in total. The first-order chi connectivity index (χ1) is 7.88. The van der Waals surface area contributed by atoms with Crippen LogP contribution in [0.3, 0.4) is 0 Å². The van der Waals surface area contributed by atoms with Crippen molar-refractivity contribution in [2.45, 2.75) is 19.9 Å². The van der Waals surface area contributed by atoms with Crippen molar-refractivity contribution in [1.82, 2.24) is 19.9 Å². The second kappa shape index (κ2) is 3.87. The second-order valence-corrected chi connectivity index (χ2v) is 4.35. The number of aromatic nitrogens is 3. The Hall–Kier alpha value is -1.42. The topological polar surface area (TPSA) is 42.7 Å². The van der Waals surface area contributed by atoms with Crippen LogP contribution >= 0.6 is 0 Å². The average Bonchev–Trinajstić information content (AvgIpc) is 2.60. The number of rotatable bonds is 3. The molecule has 0 atom stereocenters. The van der Waals surface area contributed by atoms with Crippen LogP contribution in [-0.2, 0) is 13.0 Å². The maximum absolute atomic E-state index is 4.68. The SMILES string of the molecule is CCn1c(CC2CNC2)nc2cccnc21. The van der Waals surface area contributed by atoms with Gasteiger partial charge in [-0.2, -0.15) is 0 Å². The Morgan fingerprint density at radius 2 is 2.38 bits per heavy atom. The van der Waals surface area contributed by atoms with E-state index < -0.39 is 0 Å². The summed E-state index contributed by atoms with van der Waals surface area (Å²) in [6, 6.07) is 3.99. The van der Waals surface area contributed by atoms with Crippen LogP contribution in [0.1, 0.15) is 12.7 Å². The van der Waals surface area contributed by atoms with Gasteiger partial charge >= 0.3 is 0 Å². The van der Waals surface area contributed by atoms with Crippen LogP contribution in [-0.4, -0.2) is 27.6 Å². The highest BCUT2D eigenvalue weighted by atomic mass is 15.1. The largest absolute Gasteiger partial charge is 0.316 e. The van der Waals surface area contributed by atoms with E-state index in [0.29, 0.717) is 0 Å². The van der Waals surface area contributed by atoms with Gasteiger partial charge in [-0.1, -0.05) is 0 Å². The normalized spacial score (nSPS) is 16.6. The van der Waals surface area contributed by atoms with Crippen LogP contribution in [0.4, 0.5) is 0 Å². The maximum Gasteiger partial charge on any atom is 0.159 e. The molecule has 0 aromatic carbocycles. The van der Waals surface area contributed by atoms with Gasteiger partial charge in [-0.15, -0.1) is 0 Å². The fraction of sp³-hybridized carbons (Fsp3) is 0.500. The van der Waals surface area contributed by atoms with E-state index in [-0.39, 0.29) is 0 Å². The van der Waals surface area contributed by atoms with Crippen molar-refractivity contribution in [3.05, 3.63) is 24.2 Å². The van der Waals surface area contributed by atoms with Crippen LogP contribution in [0.15, 0.2) is 18.3 Å². The highest BCUT2D eigenvalue weighted by Crippen LogP contribution is 2.17. The molecule has 4 nitrogen and oxygen atoms in total. The lowest BCUT2D eigenvalue weighted by molar-refractivity contribution is 0.338. The Morgan fingerprint density at radius 1 is 1.50 bits per heavy atom. The minimum absolute atomic E-state index is 0.752. The monoisotopic (exact) mass is 216 g/mol. The van der Waals surface area contributed by atoms with E-state index in [1.807, 2.05) is 18.3 Å². The molecule has 0 aliphatic carbocycles. The minimum Gasteiger partial charge on any atom is -0.316 e. The van der Waals surface area contributed by atoms with Crippen molar-refractivity contribution < 1.29 is 0 Å². The molecule has 0 unspecified atom stereocenters. The number of aryl methyl sites for hydroxylation is 1. The van der Waals surface area contributed by atoms with E-state index in [9.17, 15) is 0 Å². The number of nitrogens with zero attached hydrogens (tertiary/aromatic N) is 3. The highest BCUT2D eigenvalue weighted by molar-refractivity contribution is 5.71. The van der Waals surface area contributed by atoms with E-state index in [1.54, 1.807) is 0 Å². The molecule has 0 saturated carbocycles. The molecular formula is C12H16N4. The third kappa shape index (κ3) is 1.50. The maximum atomic E-state index is 4.68. The van der Waals surface area contributed by atoms with Crippen molar-refractivity contribution >= 4 is 11.2 Å². The molecule has 3 rings (SSSR count). The van der Waals surface area contributed by atoms with Crippen LogP contribution in [0, 0.1) is 5.92 Å². The van der Waals surface area contributed by atoms with Gasteiger partial charge in [-0.3, -0.25) is 0 Å². The van der Waals surface area contributed by atoms with E-state index in [4.69, 9.17) is 0 Å².